The monoisotopic (exact) mass is 459 g/mol. The Labute approximate surface area is 197 Å². The molecule has 1 atom stereocenters. The Bertz CT molecular complexity index is 1550. The first kappa shape index (κ1) is 22.2. The lowest BCUT2D eigenvalue weighted by Gasteiger charge is -2.39. The summed E-state index contributed by atoms with van der Waals surface area (Å²) in [6.45, 7) is 6.67. The van der Waals surface area contributed by atoms with E-state index in [1.807, 2.05) is 49.4 Å². The zero-order chi connectivity index (χ0) is 24.4. The number of aromatic nitrogens is 3. The van der Waals surface area contributed by atoms with Gasteiger partial charge in [-0.25, -0.2) is 4.79 Å². The molecule has 3 heterocycles. The van der Waals surface area contributed by atoms with Crippen molar-refractivity contribution in [3.63, 3.8) is 0 Å². The second-order valence-corrected chi connectivity index (χ2v) is 9.65. The largest absolute Gasteiger partial charge is 0.497 e. The van der Waals surface area contributed by atoms with E-state index in [1.165, 1.54) is 11.6 Å². The van der Waals surface area contributed by atoms with E-state index in [0.29, 0.717) is 17.5 Å². The van der Waals surface area contributed by atoms with Gasteiger partial charge in [-0.1, -0.05) is 35.9 Å². The molecule has 7 heteroatoms. The predicted molar refractivity (Wildman–Crippen MR) is 133 cm³/mol. The molecule has 2 aromatic heterocycles. The Kier molecular flexibility index (Phi) is 5.06. The molecule has 0 saturated carbocycles. The third-order valence-corrected chi connectivity index (χ3v) is 6.75. The molecule has 4 aromatic rings. The molecule has 0 fully saturated rings. The standard InChI is InChI=1S/C27H29N3O4/c1-16-9-7-10-17(13-16)21-20-22(28(4)26(32)29(5)25(20)31)23-24(34-15-27(2,3)30(21)23)18-11-8-12-19(14-18)33-6/h7-14,24H,15H2,1-6H3. The highest BCUT2D eigenvalue weighted by Gasteiger charge is 2.40. The van der Waals surface area contributed by atoms with Crippen molar-refractivity contribution in [3.05, 3.63) is 86.2 Å². The van der Waals surface area contributed by atoms with Crippen molar-refractivity contribution in [3.8, 4) is 17.0 Å². The zero-order valence-electron chi connectivity index (χ0n) is 20.4. The average Bonchev–Trinajstić information content (AvgIpc) is 3.19. The van der Waals surface area contributed by atoms with Gasteiger partial charge in [0.1, 0.15) is 11.9 Å². The number of hydrogen-bond acceptors (Lipinski definition) is 4. The molecule has 0 N–H and O–H groups in total. The van der Waals surface area contributed by atoms with Gasteiger partial charge in [0.2, 0.25) is 0 Å². The van der Waals surface area contributed by atoms with Crippen LogP contribution in [0.4, 0.5) is 0 Å². The quantitative estimate of drug-likeness (QED) is 0.466. The molecule has 34 heavy (non-hydrogen) atoms. The van der Waals surface area contributed by atoms with Gasteiger partial charge in [-0.3, -0.25) is 13.9 Å². The molecule has 0 saturated heterocycles. The summed E-state index contributed by atoms with van der Waals surface area (Å²) >= 11 is 0. The van der Waals surface area contributed by atoms with Crippen LogP contribution in [0.5, 0.6) is 5.75 Å². The van der Waals surface area contributed by atoms with Crippen LogP contribution in [0, 0.1) is 6.92 Å². The molecule has 1 aliphatic heterocycles. The Hall–Kier alpha value is -3.58. The maximum absolute atomic E-state index is 13.6. The van der Waals surface area contributed by atoms with E-state index in [-0.39, 0.29) is 11.2 Å². The van der Waals surface area contributed by atoms with E-state index < -0.39 is 11.6 Å². The van der Waals surface area contributed by atoms with Crippen molar-refractivity contribution in [2.45, 2.75) is 32.4 Å². The first-order valence-corrected chi connectivity index (χ1v) is 11.3. The van der Waals surface area contributed by atoms with E-state index in [9.17, 15) is 9.59 Å². The molecule has 7 nitrogen and oxygen atoms in total. The summed E-state index contributed by atoms with van der Waals surface area (Å²) < 4.78 is 16.9. The van der Waals surface area contributed by atoms with Gasteiger partial charge in [-0.05, 0) is 50.1 Å². The van der Waals surface area contributed by atoms with Crippen molar-refractivity contribution in [2.75, 3.05) is 13.7 Å². The summed E-state index contributed by atoms with van der Waals surface area (Å²) in [5, 5.41) is 0.525. The lowest BCUT2D eigenvalue weighted by molar-refractivity contribution is -0.00714. The fourth-order valence-electron chi connectivity index (χ4n) is 5.12. The molecular weight excluding hydrogens is 430 g/mol. The van der Waals surface area contributed by atoms with Gasteiger partial charge >= 0.3 is 5.69 Å². The first-order chi connectivity index (χ1) is 16.2. The highest BCUT2D eigenvalue weighted by Crippen LogP contribution is 2.45. The van der Waals surface area contributed by atoms with Crippen LogP contribution in [0.15, 0.2) is 58.1 Å². The second-order valence-electron chi connectivity index (χ2n) is 9.65. The highest BCUT2D eigenvalue weighted by atomic mass is 16.5. The first-order valence-electron chi connectivity index (χ1n) is 11.3. The number of benzene rings is 2. The summed E-state index contributed by atoms with van der Waals surface area (Å²) in [6, 6.07) is 15.9. The molecular formula is C27H29N3O4. The van der Waals surface area contributed by atoms with Crippen LogP contribution >= 0.6 is 0 Å². The predicted octanol–water partition coefficient (Wildman–Crippen LogP) is 3.88. The summed E-state index contributed by atoms with van der Waals surface area (Å²) in [5.74, 6) is 0.719. The van der Waals surface area contributed by atoms with Crippen LogP contribution in [0.2, 0.25) is 0 Å². The Morgan fingerprint density at radius 1 is 1.03 bits per heavy atom. The second kappa shape index (κ2) is 7.74. The molecule has 176 valence electrons. The van der Waals surface area contributed by atoms with Crippen molar-refractivity contribution in [1.82, 2.24) is 13.7 Å². The van der Waals surface area contributed by atoms with Gasteiger partial charge in [0, 0.05) is 14.1 Å². The minimum atomic E-state index is -0.470. The Balaban J connectivity index is 2.00. The van der Waals surface area contributed by atoms with Crippen molar-refractivity contribution in [1.29, 1.82) is 0 Å². The summed E-state index contributed by atoms with van der Waals surface area (Å²) in [7, 11) is 4.88. The molecule has 0 amide bonds. The number of aryl methyl sites for hydroxylation is 2. The summed E-state index contributed by atoms with van der Waals surface area (Å²) in [6.07, 6.45) is -0.470. The lowest BCUT2D eigenvalue weighted by atomic mass is 9.97. The van der Waals surface area contributed by atoms with Gasteiger partial charge in [-0.15, -0.1) is 0 Å². The Morgan fingerprint density at radius 3 is 2.47 bits per heavy atom. The van der Waals surface area contributed by atoms with E-state index in [2.05, 4.69) is 24.5 Å². The smallest absolute Gasteiger partial charge is 0.331 e. The van der Waals surface area contributed by atoms with Gasteiger partial charge in [0.25, 0.3) is 5.56 Å². The molecule has 0 spiro atoms. The van der Waals surface area contributed by atoms with Crippen molar-refractivity contribution >= 4 is 10.9 Å². The number of ether oxygens (including phenoxy) is 2. The van der Waals surface area contributed by atoms with Crippen LogP contribution < -0.4 is 16.0 Å². The highest BCUT2D eigenvalue weighted by molar-refractivity contribution is 5.97. The molecule has 5 rings (SSSR count). The van der Waals surface area contributed by atoms with Gasteiger partial charge in [0.05, 0.1) is 41.5 Å². The maximum Gasteiger partial charge on any atom is 0.331 e. The molecule has 1 unspecified atom stereocenters. The fourth-order valence-corrected chi connectivity index (χ4v) is 5.12. The minimum absolute atomic E-state index is 0.309. The van der Waals surface area contributed by atoms with Crippen LogP contribution in [0.3, 0.4) is 0 Å². The number of fused-ring (bicyclic) bond motifs is 3. The van der Waals surface area contributed by atoms with E-state index in [1.54, 1.807) is 18.7 Å². The Morgan fingerprint density at radius 2 is 1.76 bits per heavy atom. The van der Waals surface area contributed by atoms with E-state index in [0.717, 1.165) is 33.8 Å². The maximum atomic E-state index is 13.6. The van der Waals surface area contributed by atoms with Crippen LogP contribution in [-0.2, 0) is 24.4 Å². The molecule has 1 aliphatic rings. The summed E-state index contributed by atoms with van der Waals surface area (Å²) in [4.78, 5) is 26.7. The number of hydrogen-bond donors (Lipinski definition) is 0. The van der Waals surface area contributed by atoms with Gasteiger partial charge in [0.15, 0.2) is 0 Å². The third kappa shape index (κ3) is 3.15. The SMILES string of the molecule is COc1cccc(C2OCC(C)(C)n3c(-c4cccc(C)c4)c4c(=O)n(C)c(=O)n(C)c4c32)c1. The minimum Gasteiger partial charge on any atom is -0.497 e. The zero-order valence-corrected chi connectivity index (χ0v) is 20.4. The number of nitrogens with zero attached hydrogens (tertiary/aromatic N) is 3. The normalized spacial score (nSPS) is 17.1. The fraction of sp³-hybridized carbons (Fsp3) is 0.333. The lowest BCUT2D eigenvalue weighted by Crippen LogP contribution is -2.40. The van der Waals surface area contributed by atoms with Crippen LogP contribution in [0.1, 0.15) is 36.8 Å². The van der Waals surface area contributed by atoms with Crippen LogP contribution in [-0.4, -0.2) is 27.4 Å². The molecule has 0 bridgehead atoms. The molecule has 2 aromatic carbocycles. The van der Waals surface area contributed by atoms with Gasteiger partial charge in [-0.2, -0.15) is 0 Å². The number of rotatable bonds is 3. The topological polar surface area (TPSA) is 67.4 Å². The third-order valence-electron chi connectivity index (χ3n) is 6.75. The molecule has 0 radical (unpaired) electrons. The molecule has 0 aliphatic carbocycles. The van der Waals surface area contributed by atoms with Crippen molar-refractivity contribution in [2.24, 2.45) is 14.1 Å². The van der Waals surface area contributed by atoms with Gasteiger partial charge < -0.3 is 14.0 Å². The summed E-state index contributed by atoms with van der Waals surface area (Å²) in [5.41, 5.74) is 4.02. The number of methoxy groups -OCH3 is 1. The van der Waals surface area contributed by atoms with E-state index in [4.69, 9.17) is 9.47 Å². The average molecular weight is 460 g/mol. The van der Waals surface area contributed by atoms with Crippen molar-refractivity contribution < 1.29 is 9.47 Å². The van der Waals surface area contributed by atoms with E-state index >= 15 is 0 Å². The van der Waals surface area contributed by atoms with Crippen LogP contribution in [0.25, 0.3) is 22.2 Å².